The molecule has 10 nitrogen and oxygen atoms in total. The van der Waals surface area contributed by atoms with Gasteiger partial charge in [-0.05, 0) is 58.3 Å². The zero-order chi connectivity index (χ0) is 23.5. The number of rotatable bonds is 6. The predicted molar refractivity (Wildman–Crippen MR) is 134 cm³/mol. The summed E-state index contributed by atoms with van der Waals surface area (Å²) in [5.41, 5.74) is 7.86. The molecule has 2 aromatic heterocycles. The normalized spacial score (nSPS) is 24.5. The SMILES string of the molecule is CCNC(=O)N1CCC(Nc2nc(NC3CCC(N)CC3)nc3c2ncn3C2CCCC2)CC1. The van der Waals surface area contributed by atoms with E-state index in [2.05, 4.69) is 20.5 Å². The largest absolute Gasteiger partial charge is 0.365 e. The number of piperidine rings is 1. The predicted octanol–water partition coefficient (Wildman–Crippen LogP) is 3.23. The van der Waals surface area contributed by atoms with Crippen molar-refractivity contribution in [1.82, 2.24) is 29.7 Å². The van der Waals surface area contributed by atoms with Gasteiger partial charge in [0, 0.05) is 43.8 Å². The van der Waals surface area contributed by atoms with Gasteiger partial charge < -0.3 is 31.2 Å². The molecule has 0 bridgehead atoms. The van der Waals surface area contributed by atoms with E-state index in [1.165, 1.54) is 25.7 Å². The number of hydrogen-bond donors (Lipinski definition) is 4. The lowest BCUT2D eigenvalue weighted by Crippen LogP contribution is -2.46. The highest BCUT2D eigenvalue weighted by Crippen LogP contribution is 2.33. The van der Waals surface area contributed by atoms with Gasteiger partial charge in [-0.1, -0.05) is 12.8 Å². The molecular weight excluding hydrogens is 430 g/mol. The molecule has 2 aromatic rings. The summed E-state index contributed by atoms with van der Waals surface area (Å²) in [4.78, 5) is 28.7. The van der Waals surface area contributed by atoms with Gasteiger partial charge in [-0.15, -0.1) is 0 Å². The van der Waals surface area contributed by atoms with Crippen molar-refractivity contribution in [3.05, 3.63) is 6.33 Å². The molecule has 5 N–H and O–H groups in total. The molecule has 34 heavy (non-hydrogen) atoms. The zero-order valence-electron chi connectivity index (χ0n) is 20.3. The van der Waals surface area contributed by atoms with Crippen molar-refractivity contribution in [3.8, 4) is 0 Å². The standard InChI is InChI=1S/C24H39N9O/c1-2-26-24(34)32-13-11-18(12-14-32)28-21-20-22(33(15-27-20)19-5-3-4-6-19)31-23(30-21)29-17-9-7-16(25)8-10-17/h15-19H,2-14,25H2,1H3,(H,26,34)(H2,28,29,30,31). The van der Waals surface area contributed by atoms with Crippen molar-refractivity contribution in [3.63, 3.8) is 0 Å². The summed E-state index contributed by atoms with van der Waals surface area (Å²) < 4.78 is 2.26. The minimum atomic E-state index is 0.0272. The maximum atomic E-state index is 12.2. The summed E-state index contributed by atoms with van der Waals surface area (Å²) in [5.74, 6) is 1.48. The highest BCUT2D eigenvalue weighted by Gasteiger charge is 2.27. The summed E-state index contributed by atoms with van der Waals surface area (Å²) in [6.07, 6.45) is 12.8. The third-order valence-corrected chi connectivity index (χ3v) is 7.70. The number of anilines is 2. The molecule has 1 aliphatic heterocycles. The van der Waals surface area contributed by atoms with Crippen LogP contribution in [0.2, 0.25) is 0 Å². The molecule has 0 aromatic carbocycles. The Hall–Kier alpha value is -2.62. The Labute approximate surface area is 201 Å². The van der Waals surface area contributed by atoms with Gasteiger partial charge in [0.15, 0.2) is 17.0 Å². The number of hydrogen-bond acceptors (Lipinski definition) is 7. The third kappa shape index (κ3) is 5.06. The highest BCUT2D eigenvalue weighted by molar-refractivity contribution is 5.84. The average molecular weight is 470 g/mol. The van der Waals surface area contributed by atoms with E-state index in [9.17, 15) is 4.79 Å². The van der Waals surface area contributed by atoms with E-state index in [1.807, 2.05) is 18.2 Å². The second kappa shape index (κ2) is 10.3. The van der Waals surface area contributed by atoms with Gasteiger partial charge in [-0.3, -0.25) is 0 Å². The molecular formula is C24H39N9O. The first kappa shape index (κ1) is 23.1. The lowest BCUT2D eigenvalue weighted by molar-refractivity contribution is 0.184. The Morgan fingerprint density at radius 3 is 2.41 bits per heavy atom. The minimum Gasteiger partial charge on any atom is -0.365 e. The Bertz CT molecular complexity index is 970. The molecule has 0 radical (unpaired) electrons. The summed E-state index contributed by atoms with van der Waals surface area (Å²) in [6.45, 7) is 4.08. The van der Waals surface area contributed by atoms with Gasteiger partial charge in [0.05, 0.1) is 6.33 Å². The number of carbonyl (C=O) groups excluding carboxylic acids is 1. The van der Waals surface area contributed by atoms with Gasteiger partial charge in [0.1, 0.15) is 0 Å². The fourth-order valence-electron chi connectivity index (χ4n) is 5.66. The third-order valence-electron chi connectivity index (χ3n) is 7.70. The number of carbonyl (C=O) groups is 1. The van der Waals surface area contributed by atoms with E-state index in [1.54, 1.807) is 0 Å². The topological polar surface area (TPSA) is 126 Å². The summed E-state index contributed by atoms with van der Waals surface area (Å²) >= 11 is 0. The summed E-state index contributed by atoms with van der Waals surface area (Å²) in [7, 11) is 0. The van der Waals surface area contributed by atoms with Crippen molar-refractivity contribution < 1.29 is 4.79 Å². The van der Waals surface area contributed by atoms with E-state index >= 15 is 0 Å². The number of amides is 2. The first-order chi connectivity index (χ1) is 16.6. The lowest BCUT2D eigenvalue weighted by atomic mass is 9.92. The quantitative estimate of drug-likeness (QED) is 0.512. The molecule has 1 saturated heterocycles. The van der Waals surface area contributed by atoms with Crippen LogP contribution in [0.4, 0.5) is 16.6 Å². The zero-order valence-corrected chi connectivity index (χ0v) is 20.3. The van der Waals surface area contributed by atoms with Crippen LogP contribution in [0, 0.1) is 0 Å². The van der Waals surface area contributed by atoms with Crippen molar-refractivity contribution in [2.75, 3.05) is 30.3 Å². The first-order valence-electron chi connectivity index (χ1n) is 13.2. The number of likely N-dealkylation sites (tertiary alicyclic amines) is 1. The maximum absolute atomic E-state index is 12.2. The van der Waals surface area contributed by atoms with Crippen LogP contribution in [0.15, 0.2) is 6.33 Å². The second-order valence-corrected chi connectivity index (χ2v) is 10.2. The van der Waals surface area contributed by atoms with Crippen LogP contribution in [0.25, 0.3) is 11.2 Å². The molecule has 186 valence electrons. The number of urea groups is 1. The molecule has 0 spiro atoms. The maximum Gasteiger partial charge on any atom is 0.317 e. The molecule has 5 rings (SSSR count). The van der Waals surface area contributed by atoms with Gasteiger partial charge in [-0.25, -0.2) is 9.78 Å². The summed E-state index contributed by atoms with van der Waals surface area (Å²) in [5, 5.41) is 10.2. The second-order valence-electron chi connectivity index (χ2n) is 10.2. The monoisotopic (exact) mass is 469 g/mol. The van der Waals surface area contributed by atoms with E-state index in [-0.39, 0.29) is 12.1 Å². The molecule has 2 saturated carbocycles. The van der Waals surface area contributed by atoms with Crippen molar-refractivity contribution in [2.45, 2.75) is 95.3 Å². The smallest absolute Gasteiger partial charge is 0.317 e. The molecule has 3 fully saturated rings. The molecule has 3 heterocycles. The first-order valence-corrected chi connectivity index (χ1v) is 13.2. The Kier molecular flexibility index (Phi) is 7.03. The van der Waals surface area contributed by atoms with Crippen LogP contribution in [0.3, 0.4) is 0 Å². The number of aromatic nitrogens is 4. The van der Waals surface area contributed by atoms with Crippen LogP contribution < -0.4 is 21.7 Å². The van der Waals surface area contributed by atoms with Crippen molar-refractivity contribution in [2.24, 2.45) is 5.73 Å². The molecule has 2 amide bonds. The number of nitrogens with zero attached hydrogens (tertiary/aromatic N) is 5. The Morgan fingerprint density at radius 1 is 1.00 bits per heavy atom. The summed E-state index contributed by atoms with van der Waals surface area (Å²) in [6, 6.07) is 1.41. The lowest BCUT2D eigenvalue weighted by Gasteiger charge is -2.32. The van der Waals surface area contributed by atoms with E-state index in [4.69, 9.17) is 20.7 Å². The van der Waals surface area contributed by atoms with Crippen LogP contribution in [0.1, 0.15) is 77.2 Å². The van der Waals surface area contributed by atoms with Crippen LogP contribution in [0.5, 0.6) is 0 Å². The molecule has 2 aliphatic carbocycles. The fourth-order valence-corrected chi connectivity index (χ4v) is 5.66. The Morgan fingerprint density at radius 2 is 1.71 bits per heavy atom. The molecule has 3 aliphatic rings. The van der Waals surface area contributed by atoms with E-state index in [0.29, 0.717) is 30.6 Å². The number of fused-ring (bicyclic) bond motifs is 1. The van der Waals surface area contributed by atoms with Crippen molar-refractivity contribution in [1.29, 1.82) is 0 Å². The number of nitrogens with two attached hydrogens (primary N) is 1. The highest BCUT2D eigenvalue weighted by atomic mass is 16.2. The van der Waals surface area contributed by atoms with Gasteiger partial charge in [0.2, 0.25) is 5.95 Å². The minimum absolute atomic E-state index is 0.0272. The average Bonchev–Trinajstić information content (AvgIpc) is 3.51. The van der Waals surface area contributed by atoms with Crippen LogP contribution >= 0.6 is 0 Å². The van der Waals surface area contributed by atoms with Gasteiger partial charge in [-0.2, -0.15) is 9.97 Å². The van der Waals surface area contributed by atoms with Gasteiger partial charge in [0.25, 0.3) is 0 Å². The van der Waals surface area contributed by atoms with E-state index < -0.39 is 0 Å². The molecule has 10 heteroatoms. The fraction of sp³-hybridized carbons (Fsp3) is 0.750. The van der Waals surface area contributed by atoms with Gasteiger partial charge >= 0.3 is 6.03 Å². The Balaban J connectivity index is 1.36. The number of imidazole rings is 1. The molecule has 0 unspecified atom stereocenters. The van der Waals surface area contributed by atoms with E-state index in [0.717, 1.165) is 68.6 Å². The van der Waals surface area contributed by atoms with Crippen molar-refractivity contribution >= 4 is 29.0 Å². The molecule has 0 atom stereocenters. The van der Waals surface area contributed by atoms with Crippen LogP contribution in [-0.2, 0) is 0 Å². The number of nitrogens with one attached hydrogen (secondary N) is 3. The van der Waals surface area contributed by atoms with Crippen LogP contribution in [-0.4, -0.2) is 68.2 Å².